The van der Waals surface area contributed by atoms with Crippen molar-refractivity contribution >= 4 is 11.8 Å². The molecule has 0 aliphatic carbocycles. The standard InChI is InChI=1S/C17H25N3O3/c1-23-9-7-18-12-16(21)19-11-14-4-2-5-15(10-14)13-20-8-3-6-17(20)22/h2,4-5,10,18H,3,6-9,11-13H2,1H3,(H,19,21). The third-order valence-corrected chi connectivity index (χ3v) is 3.79. The molecule has 23 heavy (non-hydrogen) atoms. The van der Waals surface area contributed by atoms with Crippen molar-refractivity contribution in [2.24, 2.45) is 0 Å². The fourth-order valence-electron chi connectivity index (χ4n) is 2.57. The summed E-state index contributed by atoms with van der Waals surface area (Å²) in [5.74, 6) is 0.187. The van der Waals surface area contributed by atoms with E-state index in [4.69, 9.17) is 4.74 Å². The number of likely N-dealkylation sites (tertiary alicyclic amines) is 1. The Morgan fingerprint density at radius 2 is 2.17 bits per heavy atom. The molecule has 2 amide bonds. The van der Waals surface area contributed by atoms with Crippen LogP contribution in [0.4, 0.5) is 0 Å². The SMILES string of the molecule is COCCNCC(=O)NCc1cccc(CN2CCCC2=O)c1. The van der Waals surface area contributed by atoms with Gasteiger partial charge in [0, 0.05) is 39.7 Å². The smallest absolute Gasteiger partial charge is 0.234 e. The van der Waals surface area contributed by atoms with E-state index < -0.39 is 0 Å². The molecule has 126 valence electrons. The van der Waals surface area contributed by atoms with E-state index in [9.17, 15) is 9.59 Å². The van der Waals surface area contributed by atoms with Crippen LogP contribution in [0.3, 0.4) is 0 Å². The average molecular weight is 319 g/mol. The van der Waals surface area contributed by atoms with Crippen LogP contribution < -0.4 is 10.6 Å². The van der Waals surface area contributed by atoms with E-state index in [2.05, 4.69) is 10.6 Å². The zero-order chi connectivity index (χ0) is 16.5. The van der Waals surface area contributed by atoms with Gasteiger partial charge in [-0.05, 0) is 17.5 Å². The van der Waals surface area contributed by atoms with Crippen molar-refractivity contribution in [3.05, 3.63) is 35.4 Å². The molecule has 0 bridgehead atoms. The van der Waals surface area contributed by atoms with Gasteiger partial charge in [0.25, 0.3) is 0 Å². The molecule has 1 aliphatic heterocycles. The van der Waals surface area contributed by atoms with Gasteiger partial charge in [0.15, 0.2) is 0 Å². The fourth-order valence-corrected chi connectivity index (χ4v) is 2.57. The Hall–Kier alpha value is -1.92. The Bertz CT molecular complexity index is 534. The van der Waals surface area contributed by atoms with Gasteiger partial charge in [0.1, 0.15) is 0 Å². The Balaban J connectivity index is 1.76. The van der Waals surface area contributed by atoms with Gasteiger partial charge in [-0.2, -0.15) is 0 Å². The first kappa shape index (κ1) is 17.4. The number of benzene rings is 1. The van der Waals surface area contributed by atoms with E-state index in [-0.39, 0.29) is 18.4 Å². The number of carbonyl (C=O) groups is 2. The largest absolute Gasteiger partial charge is 0.383 e. The van der Waals surface area contributed by atoms with Crippen molar-refractivity contribution in [3.63, 3.8) is 0 Å². The summed E-state index contributed by atoms with van der Waals surface area (Å²) in [5, 5.41) is 5.89. The summed E-state index contributed by atoms with van der Waals surface area (Å²) in [7, 11) is 1.63. The Morgan fingerprint density at radius 1 is 1.35 bits per heavy atom. The van der Waals surface area contributed by atoms with Crippen LogP contribution in [-0.2, 0) is 27.4 Å². The lowest BCUT2D eigenvalue weighted by Crippen LogP contribution is -2.34. The molecular formula is C17H25N3O3. The van der Waals surface area contributed by atoms with Gasteiger partial charge in [0.05, 0.1) is 13.2 Å². The zero-order valence-corrected chi connectivity index (χ0v) is 13.6. The lowest BCUT2D eigenvalue weighted by molar-refractivity contribution is -0.128. The second kappa shape index (κ2) is 9.27. The highest BCUT2D eigenvalue weighted by Gasteiger charge is 2.19. The summed E-state index contributed by atoms with van der Waals surface area (Å²) >= 11 is 0. The maximum Gasteiger partial charge on any atom is 0.234 e. The number of amides is 2. The predicted molar refractivity (Wildman–Crippen MR) is 87.7 cm³/mol. The van der Waals surface area contributed by atoms with E-state index in [0.29, 0.717) is 32.7 Å². The average Bonchev–Trinajstić information content (AvgIpc) is 2.95. The number of nitrogens with zero attached hydrogens (tertiary/aromatic N) is 1. The monoisotopic (exact) mass is 319 g/mol. The van der Waals surface area contributed by atoms with Crippen molar-refractivity contribution in [1.82, 2.24) is 15.5 Å². The molecule has 6 heteroatoms. The van der Waals surface area contributed by atoms with Gasteiger partial charge in [-0.15, -0.1) is 0 Å². The summed E-state index contributed by atoms with van der Waals surface area (Å²) in [6, 6.07) is 8.01. The number of methoxy groups -OCH3 is 1. The summed E-state index contributed by atoms with van der Waals surface area (Å²) in [6.07, 6.45) is 1.61. The molecule has 0 atom stereocenters. The van der Waals surface area contributed by atoms with Crippen molar-refractivity contribution in [1.29, 1.82) is 0 Å². The minimum Gasteiger partial charge on any atom is -0.383 e. The second-order valence-electron chi connectivity index (χ2n) is 5.69. The molecule has 0 unspecified atom stereocenters. The Morgan fingerprint density at radius 3 is 2.91 bits per heavy atom. The normalized spacial score (nSPS) is 14.3. The molecule has 1 aromatic rings. The highest BCUT2D eigenvalue weighted by Crippen LogP contribution is 2.15. The van der Waals surface area contributed by atoms with Crippen molar-refractivity contribution in [2.75, 3.05) is 33.4 Å². The van der Waals surface area contributed by atoms with Gasteiger partial charge >= 0.3 is 0 Å². The van der Waals surface area contributed by atoms with Crippen LogP contribution in [0.15, 0.2) is 24.3 Å². The maximum absolute atomic E-state index is 11.7. The van der Waals surface area contributed by atoms with E-state index in [0.717, 1.165) is 24.1 Å². The molecule has 0 spiro atoms. The number of nitrogens with one attached hydrogen (secondary N) is 2. The molecule has 0 radical (unpaired) electrons. The minimum absolute atomic E-state index is 0.0405. The van der Waals surface area contributed by atoms with E-state index >= 15 is 0 Å². The molecule has 0 saturated carbocycles. The van der Waals surface area contributed by atoms with Crippen molar-refractivity contribution in [3.8, 4) is 0 Å². The number of carbonyl (C=O) groups excluding carboxylic acids is 2. The van der Waals surface area contributed by atoms with Crippen molar-refractivity contribution < 1.29 is 14.3 Å². The van der Waals surface area contributed by atoms with Crippen LogP contribution in [0.1, 0.15) is 24.0 Å². The molecule has 2 rings (SSSR count). The molecule has 1 aliphatic rings. The summed E-state index contributed by atoms with van der Waals surface area (Å²) in [4.78, 5) is 25.3. The Kier molecular flexibility index (Phi) is 7.03. The first-order valence-corrected chi connectivity index (χ1v) is 8.01. The minimum atomic E-state index is -0.0405. The number of hydrogen-bond acceptors (Lipinski definition) is 4. The molecule has 6 nitrogen and oxygen atoms in total. The van der Waals surface area contributed by atoms with E-state index in [1.807, 2.05) is 29.2 Å². The van der Waals surface area contributed by atoms with Gasteiger partial charge < -0.3 is 20.3 Å². The first-order valence-electron chi connectivity index (χ1n) is 8.01. The van der Waals surface area contributed by atoms with Crippen LogP contribution >= 0.6 is 0 Å². The topological polar surface area (TPSA) is 70.7 Å². The van der Waals surface area contributed by atoms with Gasteiger partial charge in [-0.3, -0.25) is 9.59 Å². The lowest BCUT2D eigenvalue weighted by atomic mass is 10.1. The second-order valence-corrected chi connectivity index (χ2v) is 5.69. The summed E-state index contributed by atoms with van der Waals surface area (Å²) < 4.78 is 4.91. The van der Waals surface area contributed by atoms with E-state index in [1.54, 1.807) is 7.11 Å². The molecule has 1 saturated heterocycles. The quantitative estimate of drug-likeness (QED) is 0.656. The zero-order valence-electron chi connectivity index (χ0n) is 13.6. The Labute approximate surface area is 137 Å². The summed E-state index contributed by atoms with van der Waals surface area (Å²) in [5.41, 5.74) is 2.14. The molecule has 0 aromatic heterocycles. The van der Waals surface area contributed by atoms with Gasteiger partial charge in [-0.1, -0.05) is 24.3 Å². The predicted octanol–water partition coefficient (Wildman–Crippen LogP) is 0.661. The van der Waals surface area contributed by atoms with Crippen molar-refractivity contribution in [2.45, 2.75) is 25.9 Å². The highest BCUT2D eigenvalue weighted by atomic mass is 16.5. The number of hydrogen-bond donors (Lipinski definition) is 2. The van der Waals surface area contributed by atoms with Crippen LogP contribution in [0.25, 0.3) is 0 Å². The van der Waals surface area contributed by atoms with E-state index in [1.165, 1.54) is 0 Å². The molecule has 1 aromatic carbocycles. The number of rotatable bonds is 9. The van der Waals surface area contributed by atoms with Gasteiger partial charge in [0.2, 0.25) is 11.8 Å². The number of ether oxygens (including phenoxy) is 1. The first-order chi connectivity index (χ1) is 11.2. The van der Waals surface area contributed by atoms with Crippen LogP contribution in [0, 0.1) is 0 Å². The molecular weight excluding hydrogens is 294 g/mol. The molecule has 2 N–H and O–H groups in total. The lowest BCUT2D eigenvalue weighted by Gasteiger charge is -2.16. The van der Waals surface area contributed by atoms with Crippen LogP contribution in [-0.4, -0.2) is 50.1 Å². The van der Waals surface area contributed by atoms with Gasteiger partial charge in [-0.25, -0.2) is 0 Å². The highest BCUT2D eigenvalue weighted by molar-refractivity contribution is 5.78. The summed E-state index contributed by atoms with van der Waals surface area (Å²) in [6.45, 7) is 3.51. The third-order valence-electron chi connectivity index (χ3n) is 3.79. The maximum atomic E-state index is 11.7. The third kappa shape index (κ3) is 6.00. The van der Waals surface area contributed by atoms with Crippen LogP contribution in [0.5, 0.6) is 0 Å². The molecule has 1 fully saturated rings. The fraction of sp³-hybridized carbons (Fsp3) is 0.529. The molecule has 1 heterocycles. The van der Waals surface area contributed by atoms with Crippen LogP contribution in [0.2, 0.25) is 0 Å².